The van der Waals surface area contributed by atoms with Crippen molar-refractivity contribution in [1.82, 2.24) is 10.3 Å². The van der Waals surface area contributed by atoms with Gasteiger partial charge in [0.2, 0.25) is 0 Å². The second-order valence-corrected chi connectivity index (χ2v) is 4.60. The first-order valence-electron chi connectivity index (χ1n) is 6.65. The SMILES string of the molecule is CNC(CCc1ccc(OC)cc1)c1ncccc1F. The van der Waals surface area contributed by atoms with E-state index in [2.05, 4.69) is 10.3 Å². The number of pyridine rings is 1. The Morgan fingerprint density at radius 2 is 2.00 bits per heavy atom. The molecule has 0 radical (unpaired) electrons. The van der Waals surface area contributed by atoms with Gasteiger partial charge in [-0.05, 0) is 49.7 Å². The van der Waals surface area contributed by atoms with Crippen LogP contribution in [0.25, 0.3) is 0 Å². The molecule has 0 aliphatic heterocycles. The lowest BCUT2D eigenvalue weighted by molar-refractivity contribution is 0.414. The Kier molecular flexibility index (Phi) is 5.07. The van der Waals surface area contributed by atoms with Crippen LogP contribution in [0, 0.1) is 5.82 Å². The first-order chi connectivity index (χ1) is 9.74. The maximum atomic E-state index is 13.7. The van der Waals surface area contributed by atoms with E-state index in [0.717, 1.165) is 18.6 Å². The van der Waals surface area contributed by atoms with Gasteiger partial charge in [-0.15, -0.1) is 0 Å². The van der Waals surface area contributed by atoms with Gasteiger partial charge in [0.1, 0.15) is 11.6 Å². The van der Waals surface area contributed by atoms with E-state index in [9.17, 15) is 4.39 Å². The maximum absolute atomic E-state index is 13.7. The number of ether oxygens (including phenoxy) is 1. The van der Waals surface area contributed by atoms with Gasteiger partial charge < -0.3 is 10.1 Å². The number of hydrogen-bond acceptors (Lipinski definition) is 3. The van der Waals surface area contributed by atoms with Crippen LogP contribution >= 0.6 is 0 Å². The van der Waals surface area contributed by atoms with Gasteiger partial charge in [0.05, 0.1) is 18.8 Å². The van der Waals surface area contributed by atoms with Crippen molar-refractivity contribution in [3.63, 3.8) is 0 Å². The van der Waals surface area contributed by atoms with Gasteiger partial charge in [0.15, 0.2) is 0 Å². The number of aromatic nitrogens is 1. The smallest absolute Gasteiger partial charge is 0.146 e. The predicted molar refractivity (Wildman–Crippen MR) is 77.3 cm³/mol. The van der Waals surface area contributed by atoms with Crippen LogP contribution < -0.4 is 10.1 Å². The molecule has 1 N–H and O–H groups in total. The molecular formula is C16H19FN2O. The van der Waals surface area contributed by atoms with Gasteiger partial charge in [0.25, 0.3) is 0 Å². The molecule has 20 heavy (non-hydrogen) atoms. The number of nitrogens with zero attached hydrogens (tertiary/aromatic N) is 1. The third-order valence-corrected chi connectivity index (χ3v) is 3.35. The van der Waals surface area contributed by atoms with Crippen molar-refractivity contribution in [1.29, 1.82) is 0 Å². The molecule has 1 atom stereocenters. The number of hydrogen-bond donors (Lipinski definition) is 1. The summed E-state index contributed by atoms with van der Waals surface area (Å²) < 4.78 is 18.9. The standard InChI is InChI=1S/C16H19FN2O/c1-18-15(16-14(17)4-3-11-19-16)10-7-12-5-8-13(20-2)9-6-12/h3-6,8-9,11,15,18H,7,10H2,1-2H3. The lowest BCUT2D eigenvalue weighted by atomic mass is 10.0. The second-order valence-electron chi connectivity index (χ2n) is 4.60. The molecule has 0 saturated heterocycles. The fourth-order valence-corrected chi connectivity index (χ4v) is 2.18. The van der Waals surface area contributed by atoms with Crippen LogP contribution in [0.1, 0.15) is 23.7 Å². The minimum absolute atomic E-state index is 0.0849. The molecule has 1 aromatic carbocycles. The Morgan fingerprint density at radius 3 is 2.60 bits per heavy atom. The molecular weight excluding hydrogens is 255 g/mol. The molecule has 2 aromatic rings. The van der Waals surface area contributed by atoms with Gasteiger partial charge in [-0.2, -0.15) is 0 Å². The second kappa shape index (κ2) is 7.01. The van der Waals surface area contributed by atoms with Crippen LogP contribution in [-0.2, 0) is 6.42 Å². The number of halogens is 1. The summed E-state index contributed by atoms with van der Waals surface area (Å²) in [6, 6.07) is 10.9. The molecule has 1 heterocycles. The fraction of sp³-hybridized carbons (Fsp3) is 0.312. The summed E-state index contributed by atoms with van der Waals surface area (Å²) in [5.74, 6) is 0.580. The zero-order valence-corrected chi connectivity index (χ0v) is 11.8. The first-order valence-corrected chi connectivity index (χ1v) is 6.65. The monoisotopic (exact) mass is 274 g/mol. The first kappa shape index (κ1) is 14.5. The van der Waals surface area contributed by atoms with Crippen LogP contribution in [0.3, 0.4) is 0 Å². The molecule has 1 unspecified atom stereocenters. The summed E-state index contributed by atoms with van der Waals surface area (Å²) in [6.07, 6.45) is 3.26. The summed E-state index contributed by atoms with van der Waals surface area (Å²) >= 11 is 0. The molecule has 3 nitrogen and oxygen atoms in total. The molecule has 0 amide bonds. The highest BCUT2D eigenvalue weighted by Gasteiger charge is 2.14. The molecule has 0 fully saturated rings. The average molecular weight is 274 g/mol. The lowest BCUT2D eigenvalue weighted by Gasteiger charge is -2.16. The molecule has 0 aliphatic carbocycles. The van der Waals surface area contributed by atoms with E-state index in [-0.39, 0.29) is 11.9 Å². The summed E-state index contributed by atoms with van der Waals surface area (Å²) in [6.45, 7) is 0. The molecule has 1 aromatic heterocycles. The normalized spacial score (nSPS) is 12.2. The van der Waals surface area contributed by atoms with Crippen LogP contribution in [0.5, 0.6) is 5.75 Å². The van der Waals surface area contributed by atoms with E-state index in [1.165, 1.54) is 11.6 Å². The summed E-state index contributed by atoms with van der Waals surface area (Å²) in [5, 5.41) is 3.12. The van der Waals surface area contributed by atoms with Crippen molar-refractivity contribution in [3.8, 4) is 5.75 Å². The Balaban J connectivity index is 2.02. The third-order valence-electron chi connectivity index (χ3n) is 3.35. The molecule has 106 valence electrons. The minimum Gasteiger partial charge on any atom is -0.497 e. The zero-order chi connectivity index (χ0) is 14.4. The minimum atomic E-state index is -0.262. The molecule has 0 bridgehead atoms. The third kappa shape index (κ3) is 3.54. The Morgan fingerprint density at radius 1 is 1.25 bits per heavy atom. The van der Waals surface area contributed by atoms with Gasteiger partial charge in [-0.3, -0.25) is 4.98 Å². The van der Waals surface area contributed by atoms with Crippen molar-refractivity contribution in [2.45, 2.75) is 18.9 Å². The average Bonchev–Trinajstić information content (AvgIpc) is 2.50. The Labute approximate surface area is 118 Å². The quantitative estimate of drug-likeness (QED) is 0.878. The van der Waals surface area contributed by atoms with Crippen LogP contribution in [0.4, 0.5) is 4.39 Å². The molecule has 0 saturated carbocycles. The van der Waals surface area contributed by atoms with E-state index in [1.54, 1.807) is 19.4 Å². The van der Waals surface area contributed by atoms with Gasteiger partial charge in [0, 0.05) is 6.20 Å². The van der Waals surface area contributed by atoms with Gasteiger partial charge in [-0.1, -0.05) is 12.1 Å². The van der Waals surface area contributed by atoms with E-state index >= 15 is 0 Å². The highest BCUT2D eigenvalue weighted by atomic mass is 19.1. The van der Waals surface area contributed by atoms with E-state index in [4.69, 9.17) is 4.74 Å². The number of aryl methyl sites for hydroxylation is 1. The molecule has 4 heteroatoms. The van der Waals surface area contributed by atoms with Crippen LogP contribution in [-0.4, -0.2) is 19.1 Å². The van der Waals surface area contributed by atoms with Crippen molar-refractivity contribution in [2.75, 3.05) is 14.2 Å². The number of nitrogens with one attached hydrogen (secondary N) is 1. The van der Waals surface area contributed by atoms with Crippen molar-refractivity contribution in [3.05, 3.63) is 59.7 Å². The molecule has 0 aliphatic rings. The van der Waals surface area contributed by atoms with Crippen molar-refractivity contribution < 1.29 is 9.13 Å². The summed E-state index contributed by atoms with van der Waals surface area (Å²) in [7, 11) is 3.47. The summed E-state index contributed by atoms with van der Waals surface area (Å²) in [5.41, 5.74) is 1.67. The van der Waals surface area contributed by atoms with Crippen LogP contribution in [0.2, 0.25) is 0 Å². The van der Waals surface area contributed by atoms with E-state index in [0.29, 0.717) is 5.69 Å². The predicted octanol–water partition coefficient (Wildman–Crippen LogP) is 3.12. The number of benzene rings is 1. The van der Waals surface area contributed by atoms with Gasteiger partial charge >= 0.3 is 0 Å². The Bertz CT molecular complexity index is 542. The van der Waals surface area contributed by atoms with E-state index in [1.807, 2.05) is 31.3 Å². The Hall–Kier alpha value is -1.94. The van der Waals surface area contributed by atoms with E-state index < -0.39 is 0 Å². The zero-order valence-electron chi connectivity index (χ0n) is 11.8. The summed E-state index contributed by atoms with van der Waals surface area (Å²) in [4.78, 5) is 4.13. The molecule has 0 spiro atoms. The van der Waals surface area contributed by atoms with Crippen molar-refractivity contribution >= 4 is 0 Å². The van der Waals surface area contributed by atoms with Crippen molar-refractivity contribution in [2.24, 2.45) is 0 Å². The lowest BCUT2D eigenvalue weighted by Crippen LogP contribution is -2.19. The van der Waals surface area contributed by atoms with Crippen LogP contribution in [0.15, 0.2) is 42.6 Å². The number of rotatable bonds is 6. The topological polar surface area (TPSA) is 34.1 Å². The van der Waals surface area contributed by atoms with Gasteiger partial charge in [-0.25, -0.2) is 4.39 Å². The fourth-order valence-electron chi connectivity index (χ4n) is 2.18. The highest BCUT2D eigenvalue weighted by molar-refractivity contribution is 5.27. The highest BCUT2D eigenvalue weighted by Crippen LogP contribution is 2.20. The largest absolute Gasteiger partial charge is 0.497 e. The maximum Gasteiger partial charge on any atom is 0.146 e. The number of methoxy groups -OCH3 is 1. The molecule has 2 rings (SSSR count).